The summed E-state index contributed by atoms with van der Waals surface area (Å²) in [5.74, 6) is 0. The summed E-state index contributed by atoms with van der Waals surface area (Å²) in [7, 11) is 2.12. The molecule has 0 aliphatic rings. The van der Waals surface area contributed by atoms with Crippen molar-refractivity contribution in [3.8, 4) is 0 Å². The van der Waals surface area contributed by atoms with Crippen LogP contribution in [-0.2, 0) is 0 Å². The van der Waals surface area contributed by atoms with Crippen LogP contribution in [0, 0.1) is 0 Å². The van der Waals surface area contributed by atoms with Crippen molar-refractivity contribution in [2.45, 2.75) is 32.1 Å². The number of hydrogen-bond donors (Lipinski definition) is 0. The van der Waals surface area contributed by atoms with Crippen molar-refractivity contribution < 1.29 is 0 Å². The molecule has 1 unspecified atom stereocenters. The molecule has 70 valence electrons. The molecule has 0 radical (unpaired) electrons. The van der Waals surface area contributed by atoms with Gasteiger partial charge in [-0.15, -0.1) is 24.0 Å². The highest BCUT2D eigenvalue weighted by Gasteiger charge is 2.00. The summed E-state index contributed by atoms with van der Waals surface area (Å²) in [6, 6.07) is 0. The zero-order chi connectivity index (χ0) is 7.98. The van der Waals surface area contributed by atoms with Gasteiger partial charge in [-0.2, -0.15) is 0 Å². The molecule has 0 aromatic heterocycles. The van der Waals surface area contributed by atoms with Crippen molar-refractivity contribution in [1.82, 2.24) is 4.90 Å². The average Bonchev–Trinajstić information content (AvgIpc) is 1.82. The molecule has 0 aliphatic heterocycles. The fourth-order valence-corrected chi connectivity index (χ4v) is 1.18. The fourth-order valence-electron chi connectivity index (χ4n) is 0.949. The maximum atomic E-state index is 5.81. The molecule has 1 nitrogen and oxygen atoms in total. The first-order valence-corrected chi connectivity index (χ1v) is 4.43. The number of unbranched alkanes of at least 4 members (excludes halogenated alkanes) is 1. The maximum Gasteiger partial charge on any atom is 0.0434 e. The lowest BCUT2D eigenvalue weighted by atomic mass is 10.3. The number of nitrogens with zero attached hydrogens (tertiary/aromatic N) is 1. The van der Waals surface area contributed by atoms with Gasteiger partial charge in [0.1, 0.15) is 0 Å². The van der Waals surface area contributed by atoms with Gasteiger partial charge >= 0.3 is 0 Å². The van der Waals surface area contributed by atoms with Crippen molar-refractivity contribution in [2.24, 2.45) is 0 Å². The van der Waals surface area contributed by atoms with Crippen LogP contribution in [-0.4, -0.2) is 30.4 Å². The van der Waals surface area contributed by atoms with Crippen LogP contribution in [0.3, 0.4) is 0 Å². The van der Waals surface area contributed by atoms with E-state index in [9.17, 15) is 0 Å². The third-order valence-corrected chi connectivity index (χ3v) is 1.59. The second-order valence-electron chi connectivity index (χ2n) is 2.90. The molecule has 0 bridgehead atoms. The molecule has 0 saturated heterocycles. The largest absolute Gasteiger partial charge is 0.305 e. The van der Waals surface area contributed by atoms with Gasteiger partial charge in [-0.25, -0.2) is 0 Å². The third-order valence-electron chi connectivity index (χ3n) is 1.46. The summed E-state index contributed by atoms with van der Waals surface area (Å²) in [5, 5.41) is 0.279. The van der Waals surface area contributed by atoms with Gasteiger partial charge in [0.25, 0.3) is 0 Å². The molecule has 0 heterocycles. The van der Waals surface area contributed by atoms with E-state index in [0.717, 1.165) is 6.54 Å². The minimum atomic E-state index is 0. The summed E-state index contributed by atoms with van der Waals surface area (Å²) in [5.41, 5.74) is 0. The summed E-state index contributed by atoms with van der Waals surface area (Å²) in [6.45, 7) is 6.41. The van der Waals surface area contributed by atoms with E-state index in [2.05, 4.69) is 18.9 Å². The lowest BCUT2D eigenvalue weighted by molar-refractivity contribution is 0.331. The van der Waals surface area contributed by atoms with Crippen molar-refractivity contribution in [1.29, 1.82) is 0 Å². The predicted octanol–water partition coefficient (Wildman–Crippen LogP) is 2.77. The van der Waals surface area contributed by atoms with Gasteiger partial charge in [-0.3, -0.25) is 0 Å². The van der Waals surface area contributed by atoms with E-state index in [1.54, 1.807) is 0 Å². The zero-order valence-electron chi connectivity index (χ0n) is 7.64. The van der Waals surface area contributed by atoms with Crippen molar-refractivity contribution in [3.63, 3.8) is 0 Å². The first-order chi connectivity index (χ1) is 4.66. The van der Waals surface area contributed by atoms with E-state index >= 15 is 0 Å². The molecule has 0 rings (SSSR count). The molecule has 1 atom stereocenters. The SMILES string of the molecule is CCCCN(C)CC(C)Cl.Cl. The molecule has 0 aliphatic carbocycles. The maximum absolute atomic E-state index is 5.81. The van der Waals surface area contributed by atoms with Crippen LogP contribution >= 0.6 is 24.0 Å². The zero-order valence-corrected chi connectivity index (χ0v) is 9.21. The minimum Gasteiger partial charge on any atom is -0.305 e. The molecule has 0 aromatic rings. The quantitative estimate of drug-likeness (QED) is 0.617. The summed E-state index contributed by atoms with van der Waals surface area (Å²) in [6.07, 6.45) is 2.54. The minimum absolute atomic E-state index is 0. The highest BCUT2D eigenvalue weighted by Crippen LogP contribution is 1.98. The summed E-state index contributed by atoms with van der Waals surface area (Å²) >= 11 is 5.81. The molecule has 0 saturated carbocycles. The Bertz CT molecular complexity index is 76.5. The average molecular weight is 200 g/mol. The van der Waals surface area contributed by atoms with Crippen molar-refractivity contribution in [3.05, 3.63) is 0 Å². The highest BCUT2D eigenvalue weighted by atomic mass is 35.5. The summed E-state index contributed by atoms with van der Waals surface area (Å²) < 4.78 is 0. The van der Waals surface area contributed by atoms with Crippen LogP contribution in [0.5, 0.6) is 0 Å². The van der Waals surface area contributed by atoms with Gasteiger partial charge in [0.15, 0.2) is 0 Å². The van der Waals surface area contributed by atoms with Gasteiger partial charge in [0.2, 0.25) is 0 Å². The van der Waals surface area contributed by atoms with E-state index < -0.39 is 0 Å². The van der Waals surface area contributed by atoms with Crippen LogP contribution < -0.4 is 0 Å². The Morgan fingerprint density at radius 3 is 2.36 bits per heavy atom. The molecule has 3 heteroatoms. The van der Waals surface area contributed by atoms with E-state index in [0.29, 0.717) is 0 Å². The van der Waals surface area contributed by atoms with Gasteiger partial charge in [0, 0.05) is 11.9 Å². The van der Waals surface area contributed by atoms with Gasteiger partial charge in [-0.1, -0.05) is 13.3 Å². The van der Waals surface area contributed by atoms with Crippen molar-refractivity contribution >= 4 is 24.0 Å². The fraction of sp³-hybridized carbons (Fsp3) is 1.00. The topological polar surface area (TPSA) is 3.24 Å². The lowest BCUT2D eigenvalue weighted by Gasteiger charge is -2.16. The van der Waals surface area contributed by atoms with Crippen molar-refractivity contribution in [2.75, 3.05) is 20.1 Å². The first-order valence-electron chi connectivity index (χ1n) is 3.99. The second-order valence-corrected chi connectivity index (χ2v) is 3.64. The normalized spacial score (nSPS) is 12.8. The third kappa shape index (κ3) is 10.5. The number of hydrogen-bond acceptors (Lipinski definition) is 1. The van der Waals surface area contributed by atoms with Crippen LogP contribution in [0.4, 0.5) is 0 Å². The summed E-state index contributed by atoms with van der Waals surface area (Å²) in [4.78, 5) is 2.28. The van der Waals surface area contributed by atoms with Gasteiger partial charge < -0.3 is 4.90 Å². The van der Waals surface area contributed by atoms with Gasteiger partial charge in [-0.05, 0) is 26.9 Å². The van der Waals surface area contributed by atoms with Crippen LogP contribution in [0.25, 0.3) is 0 Å². The van der Waals surface area contributed by atoms with E-state index in [1.807, 2.05) is 6.92 Å². The standard InChI is InChI=1S/C8H18ClN.ClH/c1-4-5-6-10(3)7-8(2)9;/h8H,4-7H2,1-3H3;1H. The molecule has 0 amide bonds. The lowest BCUT2D eigenvalue weighted by Crippen LogP contribution is -2.25. The Morgan fingerprint density at radius 2 is 2.00 bits per heavy atom. The molecule has 0 aromatic carbocycles. The van der Waals surface area contributed by atoms with Gasteiger partial charge in [0.05, 0.1) is 0 Å². The Hall–Kier alpha value is 0.540. The smallest absolute Gasteiger partial charge is 0.0434 e. The number of alkyl halides is 1. The van der Waals surface area contributed by atoms with Crippen LogP contribution in [0.2, 0.25) is 0 Å². The number of rotatable bonds is 5. The van der Waals surface area contributed by atoms with E-state index in [4.69, 9.17) is 11.6 Å². The Kier molecular flexibility index (Phi) is 11.1. The number of halogens is 2. The molecule has 0 fully saturated rings. The molecular weight excluding hydrogens is 181 g/mol. The molecule has 0 spiro atoms. The Balaban J connectivity index is 0. The first kappa shape index (κ1) is 14.1. The molecular formula is C8H19Cl2N. The Labute approximate surface area is 81.5 Å². The van der Waals surface area contributed by atoms with Crippen LogP contribution in [0.1, 0.15) is 26.7 Å². The predicted molar refractivity (Wildman–Crippen MR) is 55.0 cm³/mol. The van der Waals surface area contributed by atoms with Crippen LogP contribution in [0.15, 0.2) is 0 Å². The molecule has 11 heavy (non-hydrogen) atoms. The second kappa shape index (κ2) is 8.63. The Morgan fingerprint density at radius 1 is 1.45 bits per heavy atom. The highest BCUT2D eigenvalue weighted by molar-refractivity contribution is 6.20. The van der Waals surface area contributed by atoms with E-state index in [1.165, 1.54) is 19.4 Å². The van der Waals surface area contributed by atoms with E-state index in [-0.39, 0.29) is 17.8 Å². The molecule has 0 N–H and O–H groups in total. The monoisotopic (exact) mass is 199 g/mol.